The summed E-state index contributed by atoms with van der Waals surface area (Å²) < 4.78 is 40.4. The van der Waals surface area contributed by atoms with E-state index in [-0.39, 0.29) is 24.1 Å². The molecule has 0 aromatic carbocycles. The Morgan fingerprint density at radius 3 is 2.46 bits per heavy atom. The Bertz CT molecular complexity index is 691. The Balaban J connectivity index is 1.88. The number of carbonyl (C=O) groups is 1. The van der Waals surface area contributed by atoms with Crippen molar-refractivity contribution in [2.45, 2.75) is 32.6 Å². The normalized spacial score (nSPS) is 16.6. The van der Waals surface area contributed by atoms with Crippen molar-refractivity contribution in [3.63, 3.8) is 0 Å². The van der Waals surface area contributed by atoms with Crippen molar-refractivity contribution >= 4 is 11.9 Å². The van der Waals surface area contributed by atoms with Gasteiger partial charge in [0.05, 0.1) is 6.54 Å². The number of carbonyl (C=O) groups excluding carboxylic acids is 1. The summed E-state index contributed by atoms with van der Waals surface area (Å²) in [5.74, 6) is 0.519. The van der Waals surface area contributed by atoms with E-state index < -0.39 is 11.9 Å². The molecule has 1 fully saturated rings. The lowest BCUT2D eigenvalue weighted by molar-refractivity contribution is -0.142. The van der Waals surface area contributed by atoms with E-state index in [9.17, 15) is 18.0 Å². The maximum absolute atomic E-state index is 13.1. The Labute approximate surface area is 162 Å². The third-order valence-electron chi connectivity index (χ3n) is 4.31. The fourth-order valence-electron chi connectivity index (χ4n) is 3.10. The molecule has 0 atom stereocenters. The molecule has 1 amide bonds. The van der Waals surface area contributed by atoms with Gasteiger partial charge < -0.3 is 15.5 Å². The smallest absolute Gasteiger partial charge is 0.353 e. The highest BCUT2D eigenvalue weighted by molar-refractivity contribution is 5.80. The number of aromatic nitrogens is 2. The van der Waals surface area contributed by atoms with Gasteiger partial charge >= 0.3 is 6.18 Å². The van der Waals surface area contributed by atoms with E-state index in [4.69, 9.17) is 0 Å². The number of amides is 1. The summed E-state index contributed by atoms with van der Waals surface area (Å²) >= 11 is 0. The van der Waals surface area contributed by atoms with Crippen LogP contribution in [0, 0.1) is 0 Å². The molecule has 0 spiro atoms. The quantitative estimate of drug-likeness (QED) is 0.558. The molecule has 11 heteroatoms. The number of nitrogens with one attached hydrogen (secondary N) is 2. The molecule has 0 unspecified atom stereocenters. The molecule has 2 heterocycles. The molecule has 0 radical (unpaired) electrons. The number of hydrogen-bond acceptors (Lipinski definition) is 4. The van der Waals surface area contributed by atoms with Gasteiger partial charge in [-0.05, 0) is 13.8 Å². The summed E-state index contributed by atoms with van der Waals surface area (Å²) in [6.45, 7) is 6.76. The van der Waals surface area contributed by atoms with Crippen LogP contribution in [0.2, 0.25) is 0 Å². The first-order chi connectivity index (χ1) is 13.1. The summed E-state index contributed by atoms with van der Waals surface area (Å²) in [6.07, 6.45) is -3.14. The summed E-state index contributed by atoms with van der Waals surface area (Å²) in [7, 11) is 3.06. The fourth-order valence-corrected chi connectivity index (χ4v) is 3.10. The van der Waals surface area contributed by atoms with Crippen LogP contribution >= 0.6 is 0 Å². The molecule has 1 saturated heterocycles. The number of halogens is 3. The monoisotopic (exact) mass is 403 g/mol. The highest BCUT2D eigenvalue weighted by Gasteiger charge is 2.37. The van der Waals surface area contributed by atoms with Gasteiger partial charge in [-0.25, -0.2) is 0 Å². The lowest BCUT2D eigenvalue weighted by Crippen LogP contribution is -2.54. The van der Waals surface area contributed by atoms with E-state index in [0.717, 1.165) is 4.68 Å². The third-order valence-corrected chi connectivity index (χ3v) is 4.31. The summed E-state index contributed by atoms with van der Waals surface area (Å²) in [5, 5.41) is 9.36. The van der Waals surface area contributed by atoms with Crippen LogP contribution in [0.15, 0.2) is 11.2 Å². The molecular formula is C17H28F3N7O. The minimum atomic E-state index is -4.50. The van der Waals surface area contributed by atoms with Gasteiger partial charge in [0, 0.05) is 64.6 Å². The molecule has 158 valence electrons. The molecule has 1 aliphatic heterocycles. The second kappa shape index (κ2) is 9.26. The predicted octanol–water partition coefficient (Wildman–Crippen LogP) is 0.657. The van der Waals surface area contributed by atoms with Crippen LogP contribution in [0.4, 0.5) is 13.2 Å². The summed E-state index contributed by atoms with van der Waals surface area (Å²) in [4.78, 5) is 20.1. The second-order valence-electron chi connectivity index (χ2n) is 7.06. The average Bonchev–Trinajstić information content (AvgIpc) is 2.97. The number of nitrogens with zero attached hydrogens (tertiary/aromatic N) is 5. The number of piperazine rings is 1. The number of aryl methyl sites for hydroxylation is 1. The number of rotatable bonds is 5. The molecule has 1 aromatic rings. The number of hydrogen-bond donors (Lipinski definition) is 2. The van der Waals surface area contributed by atoms with Crippen LogP contribution < -0.4 is 10.6 Å². The maximum atomic E-state index is 13.1. The van der Waals surface area contributed by atoms with Crippen molar-refractivity contribution in [1.29, 1.82) is 0 Å². The Hall–Kier alpha value is -2.30. The minimum absolute atomic E-state index is 0.0118. The summed E-state index contributed by atoms with van der Waals surface area (Å²) in [6, 6.07) is 0.103. The molecule has 2 N–H and O–H groups in total. The molecule has 1 aliphatic rings. The zero-order chi connectivity index (χ0) is 20.9. The standard InChI is InChI=1S/C17H28F3N7O/c1-12(2)23-14(28)11-26-5-7-27(8-6-26)16(21-3)22-9-13-10-25(4)24-15(13)17(18,19)20/h10,12H,5-9,11H2,1-4H3,(H,21,22)(H,23,28). The fraction of sp³-hybridized carbons (Fsp3) is 0.706. The first-order valence-electron chi connectivity index (χ1n) is 9.17. The van der Waals surface area contributed by atoms with Crippen LogP contribution in [0.1, 0.15) is 25.1 Å². The summed E-state index contributed by atoms with van der Waals surface area (Å²) in [5.41, 5.74) is -0.820. The van der Waals surface area contributed by atoms with Gasteiger partial charge in [-0.15, -0.1) is 0 Å². The lowest BCUT2D eigenvalue weighted by Gasteiger charge is -2.36. The van der Waals surface area contributed by atoms with Crippen molar-refractivity contribution in [3.05, 3.63) is 17.5 Å². The third kappa shape index (κ3) is 6.11. The van der Waals surface area contributed by atoms with Gasteiger partial charge in [-0.3, -0.25) is 19.4 Å². The molecular weight excluding hydrogens is 375 g/mol. The van der Waals surface area contributed by atoms with Crippen LogP contribution in [0.25, 0.3) is 0 Å². The van der Waals surface area contributed by atoms with Crippen molar-refractivity contribution < 1.29 is 18.0 Å². The maximum Gasteiger partial charge on any atom is 0.435 e. The van der Waals surface area contributed by atoms with Crippen molar-refractivity contribution in [1.82, 2.24) is 30.2 Å². The van der Waals surface area contributed by atoms with E-state index in [2.05, 4.69) is 20.7 Å². The molecule has 28 heavy (non-hydrogen) atoms. The highest BCUT2D eigenvalue weighted by Crippen LogP contribution is 2.30. The van der Waals surface area contributed by atoms with Gasteiger partial charge in [0.25, 0.3) is 0 Å². The van der Waals surface area contributed by atoms with Gasteiger partial charge in [0.1, 0.15) is 0 Å². The molecule has 0 aliphatic carbocycles. The van der Waals surface area contributed by atoms with Crippen molar-refractivity contribution in [2.75, 3.05) is 39.8 Å². The van der Waals surface area contributed by atoms with E-state index in [0.29, 0.717) is 38.7 Å². The molecule has 2 rings (SSSR count). The molecule has 0 saturated carbocycles. The van der Waals surface area contributed by atoms with E-state index in [1.807, 2.05) is 23.6 Å². The first kappa shape index (κ1) is 22.0. The van der Waals surface area contributed by atoms with Gasteiger partial charge in [-0.2, -0.15) is 18.3 Å². The lowest BCUT2D eigenvalue weighted by atomic mass is 10.2. The molecule has 0 bridgehead atoms. The van der Waals surface area contributed by atoms with Gasteiger partial charge in [0.15, 0.2) is 11.7 Å². The number of aliphatic imine (C=N–C) groups is 1. The van der Waals surface area contributed by atoms with E-state index in [1.165, 1.54) is 13.2 Å². The first-order valence-corrected chi connectivity index (χ1v) is 9.17. The number of guanidine groups is 1. The second-order valence-corrected chi connectivity index (χ2v) is 7.06. The SMILES string of the molecule is CN=C(NCc1cn(C)nc1C(F)(F)F)N1CCN(CC(=O)NC(C)C)CC1. The topological polar surface area (TPSA) is 77.8 Å². The van der Waals surface area contributed by atoms with E-state index >= 15 is 0 Å². The van der Waals surface area contributed by atoms with Crippen molar-refractivity contribution in [3.8, 4) is 0 Å². The zero-order valence-electron chi connectivity index (χ0n) is 16.7. The zero-order valence-corrected chi connectivity index (χ0v) is 16.7. The van der Waals surface area contributed by atoms with Crippen LogP contribution in [0.5, 0.6) is 0 Å². The minimum Gasteiger partial charge on any atom is -0.353 e. The molecule has 8 nitrogen and oxygen atoms in total. The van der Waals surface area contributed by atoms with Gasteiger partial charge in [0.2, 0.25) is 5.91 Å². The van der Waals surface area contributed by atoms with Crippen LogP contribution in [-0.2, 0) is 24.6 Å². The van der Waals surface area contributed by atoms with Crippen molar-refractivity contribution in [2.24, 2.45) is 12.0 Å². The van der Waals surface area contributed by atoms with Crippen LogP contribution in [-0.4, -0.2) is 77.3 Å². The predicted molar refractivity (Wildman–Crippen MR) is 99.7 cm³/mol. The largest absolute Gasteiger partial charge is 0.435 e. The van der Waals surface area contributed by atoms with Crippen LogP contribution in [0.3, 0.4) is 0 Å². The average molecular weight is 403 g/mol. The molecule has 1 aromatic heterocycles. The van der Waals surface area contributed by atoms with Gasteiger partial charge in [-0.1, -0.05) is 0 Å². The highest BCUT2D eigenvalue weighted by atomic mass is 19.4. The number of alkyl halides is 3. The Morgan fingerprint density at radius 1 is 1.29 bits per heavy atom. The Kier molecular flexibility index (Phi) is 7.28. The van der Waals surface area contributed by atoms with E-state index in [1.54, 1.807) is 7.05 Å². The Morgan fingerprint density at radius 2 is 1.93 bits per heavy atom.